The van der Waals surface area contributed by atoms with Crippen LogP contribution in [0.4, 0.5) is 5.69 Å². The Morgan fingerprint density at radius 3 is 2.46 bits per heavy atom. The molecular formula is C31H35N3O3. The van der Waals surface area contributed by atoms with E-state index in [1.165, 1.54) is 28.4 Å². The van der Waals surface area contributed by atoms with Gasteiger partial charge in [0.25, 0.3) is 5.91 Å². The number of rotatable bonds is 5. The topological polar surface area (TPSA) is 56.3 Å². The van der Waals surface area contributed by atoms with Crippen LogP contribution in [0.3, 0.4) is 0 Å². The Labute approximate surface area is 218 Å². The van der Waals surface area contributed by atoms with E-state index in [1.807, 2.05) is 17.0 Å². The molecule has 1 N–H and O–H groups in total. The Balaban J connectivity index is 1.14. The molecule has 3 fully saturated rings. The molecule has 4 aliphatic rings. The van der Waals surface area contributed by atoms with Crippen molar-refractivity contribution in [2.24, 2.45) is 0 Å². The lowest BCUT2D eigenvalue weighted by atomic mass is 9.91. The highest BCUT2D eigenvalue weighted by molar-refractivity contribution is 6.05. The van der Waals surface area contributed by atoms with Gasteiger partial charge in [-0.15, -0.1) is 0 Å². The molecule has 192 valence electrons. The summed E-state index contributed by atoms with van der Waals surface area (Å²) >= 11 is 0. The van der Waals surface area contributed by atoms with Crippen molar-refractivity contribution in [1.82, 2.24) is 9.80 Å². The fourth-order valence-electron chi connectivity index (χ4n) is 7.37. The third-order valence-corrected chi connectivity index (χ3v) is 9.29. The van der Waals surface area contributed by atoms with Crippen LogP contribution in [0, 0.1) is 0 Å². The molecule has 3 aliphatic heterocycles. The van der Waals surface area contributed by atoms with Crippen LogP contribution in [-0.2, 0) is 13.1 Å². The molecular weight excluding hydrogens is 462 g/mol. The van der Waals surface area contributed by atoms with E-state index >= 15 is 0 Å². The third kappa shape index (κ3) is 3.80. The first kappa shape index (κ1) is 23.1. The van der Waals surface area contributed by atoms with Crippen LogP contribution in [0.1, 0.15) is 53.6 Å². The van der Waals surface area contributed by atoms with E-state index in [4.69, 9.17) is 4.74 Å². The lowest BCUT2D eigenvalue weighted by Gasteiger charge is -2.36. The van der Waals surface area contributed by atoms with Gasteiger partial charge in [-0.1, -0.05) is 37.1 Å². The van der Waals surface area contributed by atoms with Crippen molar-refractivity contribution in [2.45, 2.75) is 69.4 Å². The third-order valence-electron chi connectivity index (χ3n) is 9.29. The minimum atomic E-state index is -0.411. The van der Waals surface area contributed by atoms with Gasteiger partial charge in [0.2, 0.25) is 0 Å². The van der Waals surface area contributed by atoms with Crippen molar-refractivity contribution in [2.75, 3.05) is 25.1 Å². The number of carbonyl (C=O) groups is 1. The summed E-state index contributed by atoms with van der Waals surface area (Å²) in [7, 11) is 1.71. The number of fused-ring (bicyclic) bond motifs is 5. The first-order valence-electron chi connectivity index (χ1n) is 13.8. The van der Waals surface area contributed by atoms with Gasteiger partial charge in [-0.3, -0.25) is 9.69 Å². The summed E-state index contributed by atoms with van der Waals surface area (Å²) in [5.41, 5.74) is 4.50. The number of aliphatic hydroxyl groups excluding tert-OH is 1. The van der Waals surface area contributed by atoms with E-state index in [0.29, 0.717) is 18.6 Å². The average Bonchev–Trinajstić information content (AvgIpc) is 3.62. The largest absolute Gasteiger partial charge is 0.497 e. The maximum Gasteiger partial charge on any atom is 0.254 e. The van der Waals surface area contributed by atoms with Crippen molar-refractivity contribution in [3.63, 3.8) is 0 Å². The molecule has 1 saturated carbocycles. The molecule has 3 aromatic rings. The Morgan fingerprint density at radius 1 is 0.946 bits per heavy atom. The standard InChI is InChI=1S/C31H35N3O3/c1-37-24-12-10-21(11-13-24)33-18-22-15-23(33)17-32(22)16-20-14-27-28(26-7-3-2-6-25(20)26)19-34(31(27)36)29-8-4-5-9-30(29)35/h2-3,6-7,10-14,22-23,29-30,35H,4-5,8-9,15-19H2,1H3/t22-,23?,29?,30-/m0/s1. The van der Waals surface area contributed by atoms with Crippen LogP contribution in [0.5, 0.6) is 5.75 Å². The van der Waals surface area contributed by atoms with Crippen molar-refractivity contribution >= 4 is 22.4 Å². The molecule has 2 bridgehead atoms. The Morgan fingerprint density at radius 2 is 1.73 bits per heavy atom. The van der Waals surface area contributed by atoms with Gasteiger partial charge in [-0.05, 0) is 71.5 Å². The second-order valence-electron chi connectivity index (χ2n) is 11.3. The van der Waals surface area contributed by atoms with Crippen molar-refractivity contribution in [3.8, 4) is 5.75 Å². The van der Waals surface area contributed by atoms with Crippen LogP contribution < -0.4 is 9.64 Å². The Kier molecular flexibility index (Phi) is 5.63. The minimum Gasteiger partial charge on any atom is -0.497 e. The molecule has 3 aromatic carbocycles. The molecule has 0 spiro atoms. The van der Waals surface area contributed by atoms with Crippen LogP contribution >= 0.6 is 0 Å². The molecule has 4 atom stereocenters. The van der Waals surface area contributed by atoms with Crippen LogP contribution in [0.25, 0.3) is 10.8 Å². The summed E-state index contributed by atoms with van der Waals surface area (Å²) in [4.78, 5) is 20.7. The number of amides is 1. The fraction of sp³-hybridized carbons (Fsp3) is 0.452. The number of ether oxygens (including phenoxy) is 1. The number of hydrogen-bond donors (Lipinski definition) is 1. The number of carbonyl (C=O) groups excluding carboxylic acids is 1. The lowest BCUT2D eigenvalue weighted by molar-refractivity contribution is 0.0192. The molecule has 1 aliphatic carbocycles. The molecule has 6 heteroatoms. The number of likely N-dealkylation sites (tertiary alicyclic amines) is 1. The quantitative estimate of drug-likeness (QED) is 0.560. The van der Waals surface area contributed by atoms with Crippen LogP contribution in [-0.4, -0.2) is 65.2 Å². The SMILES string of the molecule is COc1ccc(N2C[C@@H]3CC2CN3Cc2cc3c(c4ccccc24)CN(C2CCCC[C@@H]2O)C3=O)cc1. The van der Waals surface area contributed by atoms with E-state index in [0.717, 1.165) is 62.2 Å². The number of nitrogens with zero attached hydrogens (tertiary/aromatic N) is 3. The van der Waals surface area contributed by atoms with Gasteiger partial charge >= 0.3 is 0 Å². The van der Waals surface area contributed by atoms with E-state index < -0.39 is 6.10 Å². The number of piperazine rings is 1. The smallest absolute Gasteiger partial charge is 0.254 e. The second kappa shape index (κ2) is 9.03. The van der Waals surface area contributed by atoms with E-state index in [-0.39, 0.29) is 11.9 Å². The van der Waals surface area contributed by atoms with Crippen molar-refractivity contribution in [3.05, 3.63) is 71.3 Å². The van der Waals surface area contributed by atoms with Crippen LogP contribution in [0.15, 0.2) is 54.6 Å². The van der Waals surface area contributed by atoms with Gasteiger partial charge in [-0.2, -0.15) is 0 Å². The summed E-state index contributed by atoms with van der Waals surface area (Å²) in [6.07, 6.45) is 4.59. The monoisotopic (exact) mass is 497 g/mol. The van der Waals surface area contributed by atoms with Crippen LogP contribution in [0.2, 0.25) is 0 Å². The highest BCUT2D eigenvalue weighted by Gasteiger charge is 2.44. The van der Waals surface area contributed by atoms with Gasteiger partial charge in [0.15, 0.2) is 0 Å². The maximum atomic E-state index is 13.6. The Hall–Kier alpha value is -3.09. The zero-order valence-electron chi connectivity index (χ0n) is 21.5. The predicted octanol–water partition coefficient (Wildman–Crippen LogP) is 4.57. The number of hydrogen-bond acceptors (Lipinski definition) is 5. The molecule has 7 rings (SSSR count). The normalized spacial score (nSPS) is 27.4. The number of benzene rings is 3. The maximum absolute atomic E-state index is 13.6. The van der Waals surface area contributed by atoms with E-state index in [2.05, 4.69) is 52.3 Å². The average molecular weight is 498 g/mol. The number of aliphatic hydroxyl groups is 1. The summed E-state index contributed by atoms with van der Waals surface area (Å²) < 4.78 is 5.33. The first-order valence-corrected chi connectivity index (χ1v) is 13.8. The zero-order chi connectivity index (χ0) is 25.1. The highest BCUT2D eigenvalue weighted by atomic mass is 16.5. The van der Waals surface area contributed by atoms with Gasteiger partial charge in [0.05, 0.1) is 19.3 Å². The molecule has 3 heterocycles. The van der Waals surface area contributed by atoms with Gasteiger partial charge < -0.3 is 19.6 Å². The molecule has 37 heavy (non-hydrogen) atoms. The summed E-state index contributed by atoms with van der Waals surface area (Å²) in [6, 6.07) is 20.1. The summed E-state index contributed by atoms with van der Waals surface area (Å²) in [5.74, 6) is 0.992. The number of anilines is 1. The Bertz CT molecular complexity index is 1340. The highest BCUT2D eigenvalue weighted by Crippen LogP contribution is 2.39. The molecule has 6 nitrogen and oxygen atoms in total. The summed E-state index contributed by atoms with van der Waals surface area (Å²) in [5, 5.41) is 13.1. The van der Waals surface area contributed by atoms with Crippen molar-refractivity contribution < 1.29 is 14.6 Å². The molecule has 0 aromatic heterocycles. The lowest BCUT2D eigenvalue weighted by Crippen LogP contribution is -2.46. The minimum absolute atomic E-state index is 0.0610. The second-order valence-corrected chi connectivity index (χ2v) is 11.3. The van der Waals surface area contributed by atoms with Gasteiger partial charge in [0, 0.05) is 49.5 Å². The first-order chi connectivity index (χ1) is 18.1. The molecule has 2 saturated heterocycles. The fourth-order valence-corrected chi connectivity index (χ4v) is 7.37. The predicted molar refractivity (Wildman–Crippen MR) is 145 cm³/mol. The summed E-state index contributed by atoms with van der Waals surface area (Å²) in [6.45, 7) is 3.55. The molecule has 2 unspecified atom stereocenters. The van der Waals surface area contributed by atoms with E-state index in [1.54, 1.807) is 7.11 Å². The number of methoxy groups -OCH3 is 1. The van der Waals surface area contributed by atoms with E-state index in [9.17, 15) is 9.90 Å². The molecule has 0 radical (unpaired) electrons. The van der Waals surface area contributed by atoms with Gasteiger partial charge in [-0.25, -0.2) is 0 Å². The molecule has 1 amide bonds. The zero-order valence-corrected chi connectivity index (χ0v) is 21.5. The van der Waals surface area contributed by atoms with Gasteiger partial charge in [0.1, 0.15) is 5.75 Å². The van der Waals surface area contributed by atoms with Crippen molar-refractivity contribution in [1.29, 1.82) is 0 Å².